The van der Waals surface area contributed by atoms with Gasteiger partial charge in [-0.2, -0.15) is 0 Å². The highest BCUT2D eigenvalue weighted by atomic mass is 16.4. The molecule has 38 heavy (non-hydrogen) atoms. The molecule has 1 saturated carbocycles. The van der Waals surface area contributed by atoms with Gasteiger partial charge in [-0.25, -0.2) is 0 Å². The number of nitrogens with two attached hydrogens (primary N) is 1. The second-order valence-electron chi connectivity index (χ2n) is 10.3. The lowest BCUT2D eigenvalue weighted by molar-refractivity contribution is -0.169. The maximum atomic E-state index is 14.1. The van der Waals surface area contributed by atoms with Crippen molar-refractivity contribution in [1.82, 2.24) is 4.90 Å². The van der Waals surface area contributed by atoms with Crippen LogP contribution in [0, 0.1) is 11.8 Å². The molecule has 0 aliphatic heterocycles. The van der Waals surface area contributed by atoms with Gasteiger partial charge in [0.2, 0.25) is 5.78 Å². The second kappa shape index (κ2) is 8.80. The molecule has 0 aromatic heterocycles. The first-order valence-corrected chi connectivity index (χ1v) is 12.1. The van der Waals surface area contributed by atoms with Crippen LogP contribution in [0.3, 0.4) is 0 Å². The molecule has 198 valence electrons. The molecule has 5 rings (SSSR count). The zero-order valence-electron chi connectivity index (χ0n) is 20.7. The fraction of sp³-hybridized carbons (Fsp3) is 0.321. The average molecular weight is 521 g/mol. The summed E-state index contributed by atoms with van der Waals surface area (Å²) >= 11 is 0. The van der Waals surface area contributed by atoms with Crippen LogP contribution < -0.4 is 5.73 Å². The Morgan fingerprint density at radius 2 is 1.68 bits per heavy atom. The quantitative estimate of drug-likeness (QED) is 0.316. The Morgan fingerprint density at radius 1 is 1.03 bits per heavy atom. The number of fused-ring (bicyclic) bond motifs is 3. The van der Waals surface area contributed by atoms with Crippen LogP contribution in [0.5, 0.6) is 5.75 Å². The van der Waals surface area contributed by atoms with Gasteiger partial charge in [-0.05, 0) is 43.6 Å². The molecular formula is C28H28N2O8. The number of phenolic OH excluding ortho intramolecular Hbond substituents is 1. The number of Topliss-reactive ketones (excluding diaryl/α,β-unsaturated/α-hetero) is 2. The Labute approximate surface area is 217 Å². The smallest absolute Gasteiger partial charge is 0.255 e. The highest BCUT2D eigenvalue weighted by molar-refractivity contribution is 6.24. The van der Waals surface area contributed by atoms with Crippen LogP contribution in [0.2, 0.25) is 0 Å². The molecule has 0 radical (unpaired) electrons. The molecule has 0 bridgehead atoms. The van der Waals surface area contributed by atoms with Gasteiger partial charge in [0.1, 0.15) is 22.8 Å². The Balaban J connectivity index is 1.81. The van der Waals surface area contributed by atoms with Crippen LogP contribution in [0.1, 0.15) is 22.6 Å². The molecule has 7 N–H and O–H groups in total. The van der Waals surface area contributed by atoms with Crippen molar-refractivity contribution >= 4 is 23.2 Å². The predicted octanol–water partition coefficient (Wildman–Crippen LogP) is 0.719. The number of primary amides is 1. The van der Waals surface area contributed by atoms with Gasteiger partial charge >= 0.3 is 0 Å². The predicted molar refractivity (Wildman–Crippen MR) is 135 cm³/mol. The van der Waals surface area contributed by atoms with E-state index in [9.17, 15) is 39.9 Å². The lowest BCUT2D eigenvalue weighted by Gasteiger charge is -2.54. The van der Waals surface area contributed by atoms with Crippen molar-refractivity contribution in [2.24, 2.45) is 17.6 Å². The third-order valence-corrected chi connectivity index (χ3v) is 8.10. The van der Waals surface area contributed by atoms with Crippen molar-refractivity contribution in [3.8, 4) is 5.75 Å². The van der Waals surface area contributed by atoms with E-state index in [0.29, 0.717) is 5.56 Å². The van der Waals surface area contributed by atoms with E-state index in [1.807, 2.05) is 30.3 Å². The molecule has 1 amide bonds. The van der Waals surface area contributed by atoms with E-state index in [-0.39, 0.29) is 17.7 Å². The number of hydrogen-bond donors (Lipinski definition) is 6. The largest absolute Gasteiger partial charge is 0.508 e. The van der Waals surface area contributed by atoms with Crippen molar-refractivity contribution < 1.29 is 39.9 Å². The third-order valence-electron chi connectivity index (χ3n) is 8.10. The number of ketones is 2. The monoisotopic (exact) mass is 520 g/mol. The summed E-state index contributed by atoms with van der Waals surface area (Å²) in [7, 11) is 2.94. The minimum Gasteiger partial charge on any atom is -0.508 e. The van der Waals surface area contributed by atoms with Gasteiger partial charge < -0.3 is 31.3 Å². The van der Waals surface area contributed by atoms with Gasteiger partial charge in [0.15, 0.2) is 11.4 Å². The van der Waals surface area contributed by atoms with E-state index in [1.54, 1.807) is 12.1 Å². The Morgan fingerprint density at radius 3 is 2.29 bits per heavy atom. The number of rotatable bonds is 4. The van der Waals surface area contributed by atoms with Gasteiger partial charge in [0.05, 0.1) is 23.6 Å². The van der Waals surface area contributed by atoms with Gasteiger partial charge in [-0.15, -0.1) is 0 Å². The van der Waals surface area contributed by atoms with Crippen molar-refractivity contribution in [2.75, 3.05) is 14.1 Å². The molecular weight excluding hydrogens is 492 g/mol. The molecule has 0 spiro atoms. The molecule has 10 nitrogen and oxygen atoms in total. The first-order chi connectivity index (χ1) is 17.9. The number of hydrogen-bond acceptors (Lipinski definition) is 9. The molecule has 3 aliphatic rings. The van der Waals surface area contributed by atoms with E-state index >= 15 is 0 Å². The lowest BCUT2D eigenvalue weighted by Crippen LogP contribution is -2.70. The first kappa shape index (κ1) is 25.7. The summed E-state index contributed by atoms with van der Waals surface area (Å²) in [4.78, 5) is 40.9. The van der Waals surface area contributed by atoms with Crippen LogP contribution >= 0.6 is 0 Å². The summed E-state index contributed by atoms with van der Waals surface area (Å²) in [6.45, 7) is 0. The van der Waals surface area contributed by atoms with Crippen molar-refractivity contribution in [1.29, 1.82) is 0 Å². The summed E-state index contributed by atoms with van der Waals surface area (Å²) in [5, 5.41) is 56.6. The maximum absolute atomic E-state index is 14.1. The van der Waals surface area contributed by atoms with Crippen LogP contribution in [-0.4, -0.2) is 79.7 Å². The summed E-state index contributed by atoms with van der Waals surface area (Å²) in [5.41, 5.74) is 2.34. The number of phenols is 1. The highest BCUT2D eigenvalue weighted by Gasteiger charge is 2.68. The van der Waals surface area contributed by atoms with Gasteiger partial charge in [0, 0.05) is 11.5 Å². The standard InChI is InChI=1S/C28H28N2O8/c1-30(2)21-20-23(33)17-14(11-12-7-4-3-5-8-12)13-9-6-10-15(31)16(13)22(32)18(17)25(35)28(20,38)26(36)19(24(21)34)27(29)37/h3-10,14,17,20-21,23,31-33,36,38H,11H2,1-2H3,(H2,29,37)/t14-,17+,20+,21-,23-,28-/m1/s1. The van der Waals surface area contributed by atoms with E-state index in [4.69, 9.17) is 5.73 Å². The van der Waals surface area contributed by atoms with E-state index < -0.39 is 75.6 Å². The van der Waals surface area contributed by atoms with Gasteiger partial charge in [-0.1, -0.05) is 42.5 Å². The zero-order valence-corrected chi connectivity index (χ0v) is 20.7. The molecule has 6 atom stereocenters. The lowest BCUT2D eigenvalue weighted by atomic mass is 9.53. The van der Waals surface area contributed by atoms with Crippen LogP contribution in [-0.2, 0) is 20.8 Å². The normalized spacial score (nSPS) is 30.7. The number of benzene rings is 2. The van der Waals surface area contributed by atoms with Crippen LogP contribution in [0.25, 0.3) is 5.76 Å². The number of likely N-dealkylation sites (N-methyl/N-ethyl adjacent to an activating group) is 1. The Hall–Kier alpha value is -3.99. The number of nitrogens with zero attached hydrogens (tertiary/aromatic N) is 1. The molecule has 10 heteroatoms. The Kier molecular flexibility index (Phi) is 5.94. The highest BCUT2D eigenvalue weighted by Crippen LogP contribution is 2.56. The third kappa shape index (κ3) is 3.34. The summed E-state index contributed by atoms with van der Waals surface area (Å²) in [6.07, 6.45) is -1.37. The maximum Gasteiger partial charge on any atom is 0.255 e. The van der Waals surface area contributed by atoms with Crippen LogP contribution in [0.4, 0.5) is 0 Å². The fourth-order valence-corrected chi connectivity index (χ4v) is 6.50. The molecule has 2 aromatic carbocycles. The Bertz CT molecular complexity index is 1430. The second-order valence-corrected chi connectivity index (χ2v) is 10.3. The fourth-order valence-electron chi connectivity index (χ4n) is 6.50. The van der Waals surface area contributed by atoms with Crippen molar-refractivity contribution in [3.63, 3.8) is 0 Å². The summed E-state index contributed by atoms with van der Waals surface area (Å²) in [5.74, 6) is -9.09. The molecule has 3 aliphatic carbocycles. The molecule has 1 fully saturated rings. The number of aliphatic hydroxyl groups is 4. The van der Waals surface area contributed by atoms with E-state index in [1.165, 1.54) is 25.1 Å². The number of carbonyl (C=O) groups excluding carboxylic acids is 3. The SMILES string of the molecule is CN(C)[C@H]1C(=O)C(C(N)=O)=C(O)[C@]2(O)C(=O)C3=C(O)c4c(O)cccc4[C@@H](Cc4ccccc4)[C@@H]3[C@@H](O)[C@H]12. The minimum absolute atomic E-state index is 0.0306. The number of amides is 1. The average Bonchev–Trinajstić information content (AvgIpc) is 2.86. The van der Waals surface area contributed by atoms with Crippen molar-refractivity contribution in [2.45, 2.75) is 30.1 Å². The van der Waals surface area contributed by atoms with Gasteiger partial charge in [-0.3, -0.25) is 19.3 Å². The molecule has 0 heterocycles. The van der Waals surface area contributed by atoms with Gasteiger partial charge in [0.25, 0.3) is 5.91 Å². The van der Waals surface area contributed by atoms with E-state index in [0.717, 1.165) is 5.56 Å². The number of carbonyl (C=O) groups is 3. The summed E-state index contributed by atoms with van der Waals surface area (Å²) in [6, 6.07) is 12.4. The van der Waals surface area contributed by atoms with Crippen molar-refractivity contribution in [3.05, 3.63) is 82.1 Å². The number of aromatic hydroxyl groups is 1. The topological polar surface area (TPSA) is 182 Å². The zero-order chi connectivity index (χ0) is 27.7. The molecule has 2 aromatic rings. The number of aliphatic hydroxyl groups excluding tert-OH is 3. The first-order valence-electron chi connectivity index (χ1n) is 12.1. The van der Waals surface area contributed by atoms with E-state index in [2.05, 4.69) is 0 Å². The summed E-state index contributed by atoms with van der Waals surface area (Å²) < 4.78 is 0. The minimum atomic E-state index is -2.94. The molecule has 0 saturated heterocycles. The molecule has 0 unspecified atom stereocenters. The van der Waals surface area contributed by atoms with Crippen LogP contribution in [0.15, 0.2) is 65.4 Å².